The van der Waals surface area contributed by atoms with Gasteiger partial charge in [0.15, 0.2) is 5.13 Å². The van der Waals surface area contributed by atoms with Crippen LogP contribution in [0, 0.1) is 27.2 Å². The molecule has 31 heavy (non-hydrogen) atoms. The van der Waals surface area contributed by atoms with Crippen molar-refractivity contribution in [3.05, 3.63) is 91.3 Å². The van der Waals surface area contributed by atoms with Gasteiger partial charge in [-0.2, -0.15) is 0 Å². The van der Waals surface area contributed by atoms with E-state index in [4.69, 9.17) is 0 Å². The first kappa shape index (κ1) is 20.1. The molecule has 0 spiro atoms. The maximum Gasteiger partial charge on any atom is 0.279 e. The Bertz CT molecular complexity index is 1330. The molecule has 0 atom stereocenters. The lowest BCUT2D eigenvalue weighted by Crippen LogP contribution is -2.13. The molecule has 4 rings (SSSR count). The third kappa shape index (κ3) is 3.96. The molecule has 0 bridgehead atoms. The summed E-state index contributed by atoms with van der Waals surface area (Å²) in [5.41, 5.74) is 0.250. The Morgan fingerprint density at radius 1 is 0.968 bits per heavy atom. The predicted octanol–water partition coefficient (Wildman–Crippen LogP) is 5.34. The van der Waals surface area contributed by atoms with Gasteiger partial charge in [-0.1, -0.05) is 36.4 Å². The van der Waals surface area contributed by atoms with E-state index in [0.29, 0.717) is 5.69 Å². The van der Waals surface area contributed by atoms with Crippen molar-refractivity contribution in [2.45, 2.75) is 6.92 Å². The maximum atomic E-state index is 12.6. The van der Waals surface area contributed by atoms with Gasteiger partial charge in [-0.15, -0.1) is 11.3 Å². The summed E-state index contributed by atoms with van der Waals surface area (Å²) in [5.74, 6) is -0.717. The second-order valence-electron chi connectivity index (χ2n) is 6.71. The van der Waals surface area contributed by atoms with Crippen molar-refractivity contribution in [1.29, 1.82) is 0 Å². The fourth-order valence-electron chi connectivity index (χ4n) is 3.18. The fourth-order valence-corrected chi connectivity index (χ4v) is 3.89. The van der Waals surface area contributed by atoms with Gasteiger partial charge in [0.1, 0.15) is 5.56 Å². The van der Waals surface area contributed by atoms with E-state index in [1.165, 1.54) is 18.3 Å². The summed E-state index contributed by atoms with van der Waals surface area (Å²) in [7, 11) is 0. The number of nitro benzene ring substituents is 2. The Kier molecular flexibility index (Phi) is 5.14. The Morgan fingerprint density at radius 2 is 1.61 bits per heavy atom. The highest BCUT2D eigenvalue weighted by Crippen LogP contribution is 2.31. The number of carbonyl (C=O) groups excluding carboxylic acids is 1. The smallest absolute Gasteiger partial charge is 0.279 e. The Balaban J connectivity index is 1.62. The molecule has 0 radical (unpaired) electrons. The van der Waals surface area contributed by atoms with Crippen LogP contribution in [-0.2, 0) is 0 Å². The van der Waals surface area contributed by atoms with Crippen LogP contribution in [0.4, 0.5) is 16.5 Å². The minimum absolute atomic E-state index is 0.112. The highest BCUT2D eigenvalue weighted by Gasteiger charge is 2.25. The molecule has 0 fully saturated rings. The molecule has 3 aromatic carbocycles. The lowest BCUT2D eigenvalue weighted by atomic mass is 10.1. The molecule has 10 heteroatoms. The van der Waals surface area contributed by atoms with Gasteiger partial charge in [-0.05, 0) is 23.8 Å². The van der Waals surface area contributed by atoms with Gasteiger partial charge in [0.2, 0.25) is 0 Å². The summed E-state index contributed by atoms with van der Waals surface area (Å²) in [5, 5.41) is 29.2. The van der Waals surface area contributed by atoms with E-state index in [1.54, 1.807) is 5.38 Å². The fraction of sp³-hybridized carbons (Fsp3) is 0.0476. The number of hydrogen-bond donors (Lipinski definition) is 1. The molecular formula is C21H14N4O5S. The van der Waals surface area contributed by atoms with Crippen LogP contribution in [0.25, 0.3) is 22.0 Å². The van der Waals surface area contributed by atoms with Crippen molar-refractivity contribution in [1.82, 2.24) is 4.98 Å². The summed E-state index contributed by atoms with van der Waals surface area (Å²) in [6.45, 7) is 1.27. The quantitative estimate of drug-likeness (QED) is 0.333. The molecule has 9 nitrogen and oxygen atoms in total. The average molecular weight is 434 g/mol. The van der Waals surface area contributed by atoms with E-state index in [-0.39, 0.29) is 16.3 Å². The number of thiazole rings is 1. The van der Waals surface area contributed by atoms with Crippen LogP contribution in [0.15, 0.2) is 60.0 Å². The van der Waals surface area contributed by atoms with Crippen LogP contribution in [0.1, 0.15) is 15.9 Å². The van der Waals surface area contributed by atoms with Gasteiger partial charge in [0, 0.05) is 23.1 Å². The van der Waals surface area contributed by atoms with E-state index in [2.05, 4.69) is 10.3 Å². The van der Waals surface area contributed by atoms with Gasteiger partial charge >= 0.3 is 0 Å². The lowest BCUT2D eigenvalue weighted by molar-refractivity contribution is -0.395. The van der Waals surface area contributed by atoms with Crippen LogP contribution in [0.5, 0.6) is 0 Å². The molecule has 0 saturated heterocycles. The van der Waals surface area contributed by atoms with Crippen LogP contribution in [-0.4, -0.2) is 20.7 Å². The zero-order chi connectivity index (χ0) is 22.1. The van der Waals surface area contributed by atoms with Crippen LogP contribution in [0.3, 0.4) is 0 Å². The van der Waals surface area contributed by atoms with Gasteiger partial charge in [0.25, 0.3) is 17.3 Å². The second-order valence-corrected chi connectivity index (χ2v) is 7.57. The van der Waals surface area contributed by atoms with Crippen molar-refractivity contribution in [2.24, 2.45) is 0 Å². The predicted molar refractivity (Wildman–Crippen MR) is 117 cm³/mol. The average Bonchev–Trinajstić information content (AvgIpc) is 3.21. The highest BCUT2D eigenvalue weighted by molar-refractivity contribution is 7.14. The number of rotatable bonds is 5. The normalized spacial score (nSPS) is 10.7. The number of fused-ring (bicyclic) bond motifs is 1. The Morgan fingerprint density at radius 3 is 2.26 bits per heavy atom. The molecule has 0 saturated carbocycles. The number of nitro groups is 2. The number of nitrogens with one attached hydrogen (secondary N) is 1. The van der Waals surface area contributed by atoms with Crippen molar-refractivity contribution in [2.75, 3.05) is 5.32 Å². The van der Waals surface area contributed by atoms with E-state index < -0.39 is 27.1 Å². The third-order valence-electron chi connectivity index (χ3n) is 4.78. The summed E-state index contributed by atoms with van der Waals surface area (Å²) in [6, 6.07) is 15.8. The number of amides is 1. The van der Waals surface area contributed by atoms with Gasteiger partial charge < -0.3 is 0 Å². The SMILES string of the molecule is Cc1c([N+](=O)[O-])cc(C(=O)Nc2nc(-c3ccc4ccccc4c3)cs2)cc1[N+](=O)[O-]. The molecule has 154 valence electrons. The zero-order valence-electron chi connectivity index (χ0n) is 16.1. The van der Waals surface area contributed by atoms with Crippen molar-refractivity contribution in [3.63, 3.8) is 0 Å². The van der Waals surface area contributed by atoms with Gasteiger partial charge in [0.05, 0.1) is 21.1 Å². The van der Waals surface area contributed by atoms with E-state index >= 15 is 0 Å². The molecule has 0 aliphatic rings. The van der Waals surface area contributed by atoms with E-state index in [1.807, 2.05) is 42.5 Å². The topological polar surface area (TPSA) is 128 Å². The number of anilines is 1. The van der Waals surface area contributed by atoms with Crippen LogP contribution >= 0.6 is 11.3 Å². The molecule has 0 aliphatic heterocycles. The highest BCUT2D eigenvalue weighted by atomic mass is 32.1. The first-order valence-electron chi connectivity index (χ1n) is 9.03. The van der Waals surface area contributed by atoms with E-state index in [0.717, 1.165) is 28.5 Å². The number of nitrogens with zero attached hydrogens (tertiary/aromatic N) is 3. The minimum atomic E-state index is -0.750. The van der Waals surface area contributed by atoms with Crippen LogP contribution in [0.2, 0.25) is 0 Å². The second kappa shape index (κ2) is 7.92. The summed E-state index contributed by atoms with van der Waals surface area (Å²) >= 11 is 1.19. The molecule has 1 N–H and O–H groups in total. The van der Waals surface area contributed by atoms with Gasteiger partial charge in [-0.25, -0.2) is 4.98 Å². The molecule has 1 amide bonds. The molecule has 0 aliphatic carbocycles. The standard InChI is InChI=1S/C21H14N4O5S/c1-12-18(24(27)28)9-16(10-19(12)25(29)30)20(26)23-21-22-17(11-31-21)15-7-6-13-4-2-3-5-14(13)8-15/h2-11H,1H3,(H,22,23,26). The molecular weight excluding hydrogens is 420 g/mol. The molecule has 1 heterocycles. The maximum absolute atomic E-state index is 12.6. The van der Waals surface area contributed by atoms with Gasteiger partial charge in [-0.3, -0.25) is 30.3 Å². The lowest BCUT2D eigenvalue weighted by Gasteiger charge is -2.05. The first-order valence-corrected chi connectivity index (χ1v) is 9.91. The first-order chi connectivity index (χ1) is 14.8. The largest absolute Gasteiger partial charge is 0.298 e. The van der Waals surface area contributed by atoms with E-state index in [9.17, 15) is 25.0 Å². The molecule has 1 aromatic heterocycles. The summed E-state index contributed by atoms with van der Waals surface area (Å²) in [6.07, 6.45) is 0. The Hall–Kier alpha value is -4.18. The Labute approximate surface area is 179 Å². The molecule has 4 aromatic rings. The summed E-state index contributed by atoms with van der Waals surface area (Å²) < 4.78 is 0. The van der Waals surface area contributed by atoms with Crippen LogP contribution < -0.4 is 5.32 Å². The number of aromatic nitrogens is 1. The molecule has 0 unspecified atom stereocenters. The monoisotopic (exact) mass is 434 g/mol. The zero-order valence-corrected chi connectivity index (χ0v) is 16.9. The van der Waals surface area contributed by atoms with Crippen molar-refractivity contribution >= 4 is 44.5 Å². The number of hydrogen-bond acceptors (Lipinski definition) is 7. The minimum Gasteiger partial charge on any atom is -0.298 e. The third-order valence-corrected chi connectivity index (χ3v) is 5.54. The van der Waals surface area contributed by atoms with Crippen molar-refractivity contribution < 1.29 is 14.6 Å². The summed E-state index contributed by atoms with van der Waals surface area (Å²) in [4.78, 5) is 38.0. The number of carbonyl (C=O) groups is 1. The van der Waals surface area contributed by atoms with Crippen molar-refractivity contribution in [3.8, 4) is 11.3 Å². The number of benzene rings is 3.